The van der Waals surface area contributed by atoms with E-state index in [0.29, 0.717) is 11.3 Å². The van der Waals surface area contributed by atoms with Crippen molar-refractivity contribution in [3.63, 3.8) is 0 Å². The predicted molar refractivity (Wildman–Crippen MR) is 109 cm³/mol. The lowest BCUT2D eigenvalue weighted by atomic mass is 9.80. The first-order valence-corrected chi connectivity index (χ1v) is 9.89. The van der Waals surface area contributed by atoms with Crippen molar-refractivity contribution in [3.8, 4) is 17.0 Å². The zero-order chi connectivity index (χ0) is 20.7. The summed E-state index contributed by atoms with van der Waals surface area (Å²) in [6, 6.07) is 5.47. The Kier molecular flexibility index (Phi) is 3.58. The molecule has 0 saturated heterocycles. The summed E-state index contributed by atoms with van der Waals surface area (Å²) in [4.78, 5) is 25.0. The maximum absolute atomic E-state index is 13.1. The maximum Gasteiger partial charge on any atom is 0.341 e. The fourth-order valence-corrected chi connectivity index (χ4v) is 4.37. The molecule has 1 fully saturated rings. The largest absolute Gasteiger partial charge is 0.480 e. The van der Waals surface area contributed by atoms with Gasteiger partial charge in [-0.25, -0.2) is 4.79 Å². The Balaban J connectivity index is 1.95. The molecule has 5 rings (SSSR count). The highest BCUT2D eigenvalue weighted by molar-refractivity contribution is 5.95. The van der Waals surface area contributed by atoms with Crippen LogP contribution >= 0.6 is 0 Å². The number of pyridine rings is 1. The molecule has 3 heterocycles. The van der Waals surface area contributed by atoms with Crippen LogP contribution in [0.25, 0.3) is 22.2 Å². The van der Waals surface area contributed by atoms with Crippen LogP contribution in [0.1, 0.15) is 67.2 Å². The summed E-state index contributed by atoms with van der Waals surface area (Å²) >= 11 is 0. The molecule has 150 valence electrons. The van der Waals surface area contributed by atoms with Gasteiger partial charge in [0, 0.05) is 28.0 Å². The standard InChI is InChI=1S/C23H23NO5/c1-11-9-14-17-15(10-16(22(26)27)21(25)24(17)12-5-6-12)20(23(2,3)4)29-19(14)18-13(11)7-8-28-18/h7-10,12,20H,5-6H2,1-4H3,(H,26,27)/t20-/m1/s1. The lowest BCUT2D eigenvalue weighted by molar-refractivity contribution is 0.0688. The van der Waals surface area contributed by atoms with Crippen LogP contribution in [0.2, 0.25) is 0 Å². The highest BCUT2D eigenvalue weighted by atomic mass is 16.5. The van der Waals surface area contributed by atoms with Gasteiger partial charge in [0.25, 0.3) is 5.56 Å². The van der Waals surface area contributed by atoms with Crippen LogP contribution < -0.4 is 10.3 Å². The van der Waals surface area contributed by atoms with Gasteiger partial charge in [-0.3, -0.25) is 4.79 Å². The number of fused-ring (bicyclic) bond motifs is 5. The molecule has 1 aromatic carbocycles. The van der Waals surface area contributed by atoms with E-state index in [1.165, 1.54) is 6.07 Å². The van der Waals surface area contributed by atoms with Crippen LogP contribution in [0.15, 0.2) is 33.7 Å². The molecule has 29 heavy (non-hydrogen) atoms. The van der Waals surface area contributed by atoms with Gasteiger partial charge < -0.3 is 18.8 Å². The number of hydrogen-bond donors (Lipinski definition) is 1. The minimum atomic E-state index is -1.21. The molecule has 6 heteroatoms. The number of furan rings is 1. The third kappa shape index (κ3) is 2.55. The van der Waals surface area contributed by atoms with Crippen molar-refractivity contribution in [3.05, 3.63) is 51.5 Å². The van der Waals surface area contributed by atoms with Crippen LogP contribution in [0.3, 0.4) is 0 Å². The normalized spacial score (nSPS) is 18.3. The van der Waals surface area contributed by atoms with E-state index >= 15 is 0 Å². The van der Waals surface area contributed by atoms with Gasteiger partial charge in [0.2, 0.25) is 0 Å². The molecule has 1 saturated carbocycles. The summed E-state index contributed by atoms with van der Waals surface area (Å²) < 4.78 is 13.9. The molecule has 1 aliphatic heterocycles. The molecular weight excluding hydrogens is 370 g/mol. The highest BCUT2D eigenvalue weighted by Crippen LogP contribution is 2.53. The molecule has 0 unspecified atom stereocenters. The molecule has 1 atom stereocenters. The molecule has 0 bridgehead atoms. The number of aryl methyl sites for hydroxylation is 1. The highest BCUT2D eigenvalue weighted by Gasteiger charge is 2.41. The van der Waals surface area contributed by atoms with Gasteiger partial charge in [-0.1, -0.05) is 20.8 Å². The fraction of sp³-hybridized carbons (Fsp3) is 0.391. The first kappa shape index (κ1) is 18.0. The van der Waals surface area contributed by atoms with E-state index in [4.69, 9.17) is 9.15 Å². The van der Waals surface area contributed by atoms with E-state index in [1.807, 2.05) is 39.8 Å². The molecule has 6 nitrogen and oxygen atoms in total. The monoisotopic (exact) mass is 393 g/mol. The smallest absolute Gasteiger partial charge is 0.341 e. The average Bonchev–Trinajstić information content (AvgIpc) is 3.34. The van der Waals surface area contributed by atoms with E-state index in [2.05, 4.69) is 0 Å². The van der Waals surface area contributed by atoms with Crippen molar-refractivity contribution < 1.29 is 19.1 Å². The molecule has 3 aromatic rings. The van der Waals surface area contributed by atoms with Crippen molar-refractivity contribution in [2.45, 2.75) is 52.7 Å². The summed E-state index contributed by atoms with van der Waals surface area (Å²) in [5.74, 6) is -0.580. The first-order valence-electron chi connectivity index (χ1n) is 9.89. The van der Waals surface area contributed by atoms with Crippen molar-refractivity contribution in [1.29, 1.82) is 0 Å². The molecular formula is C23H23NO5. The SMILES string of the molecule is Cc1cc2c(c3occc13)O[C@@H](C(C)(C)C)c1cc(C(=O)O)c(=O)n(C3CC3)c1-2. The van der Waals surface area contributed by atoms with E-state index in [-0.39, 0.29) is 17.0 Å². The number of carboxylic acid groups (broad SMARTS) is 1. The molecule has 1 N–H and O–H groups in total. The Morgan fingerprint density at radius 1 is 1.24 bits per heavy atom. The van der Waals surface area contributed by atoms with Gasteiger partial charge in [-0.15, -0.1) is 0 Å². The molecule has 1 aliphatic carbocycles. The zero-order valence-corrected chi connectivity index (χ0v) is 16.9. The maximum atomic E-state index is 13.1. The Hall–Kier alpha value is -3.02. The predicted octanol–water partition coefficient (Wildman–Crippen LogP) is 5.08. The lowest BCUT2D eigenvalue weighted by Gasteiger charge is -2.38. The topological polar surface area (TPSA) is 81.7 Å². The number of rotatable bonds is 2. The Labute approximate surface area is 167 Å². The first-order chi connectivity index (χ1) is 13.7. The number of nitrogens with zero attached hydrogens (tertiary/aromatic N) is 1. The summed E-state index contributed by atoms with van der Waals surface area (Å²) in [5.41, 5.74) is 3.03. The van der Waals surface area contributed by atoms with Gasteiger partial charge in [0.15, 0.2) is 11.3 Å². The van der Waals surface area contributed by atoms with E-state index < -0.39 is 17.6 Å². The summed E-state index contributed by atoms with van der Waals surface area (Å²) in [5, 5.41) is 10.6. The third-order valence-corrected chi connectivity index (χ3v) is 5.87. The quantitative estimate of drug-likeness (QED) is 0.656. The summed E-state index contributed by atoms with van der Waals surface area (Å²) in [6.45, 7) is 8.14. The van der Waals surface area contributed by atoms with Crippen molar-refractivity contribution in [1.82, 2.24) is 4.57 Å². The van der Waals surface area contributed by atoms with E-state index in [1.54, 1.807) is 10.8 Å². The molecule has 0 amide bonds. The van der Waals surface area contributed by atoms with Crippen LogP contribution in [0.5, 0.6) is 5.75 Å². The second-order valence-corrected chi connectivity index (χ2v) is 9.17. The van der Waals surface area contributed by atoms with Gasteiger partial charge in [-0.2, -0.15) is 0 Å². The van der Waals surface area contributed by atoms with Gasteiger partial charge in [-0.05, 0) is 43.5 Å². The number of benzene rings is 1. The second kappa shape index (κ2) is 5.75. The van der Waals surface area contributed by atoms with Gasteiger partial charge in [0.05, 0.1) is 12.0 Å². The van der Waals surface area contributed by atoms with Crippen molar-refractivity contribution >= 4 is 16.9 Å². The van der Waals surface area contributed by atoms with Crippen LogP contribution in [0, 0.1) is 12.3 Å². The summed E-state index contributed by atoms with van der Waals surface area (Å²) in [6.07, 6.45) is 2.97. The Morgan fingerprint density at radius 2 is 1.97 bits per heavy atom. The second-order valence-electron chi connectivity index (χ2n) is 9.17. The Bertz CT molecular complexity index is 1240. The number of aromatic nitrogens is 1. The van der Waals surface area contributed by atoms with Gasteiger partial charge >= 0.3 is 5.97 Å². The number of aromatic carboxylic acids is 1. The van der Waals surface area contributed by atoms with Crippen LogP contribution in [0.4, 0.5) is 0 Å². The third-order valence-electron chi connectivity index (χ3n) is 5.87. The number of hydrogen-bond acceptors (Lipinski definition) is 4. The minimum absolute atomic E-state index is 0.0229. The van der Waals surface area contributed by atoms with Crippen molar-refractivity contribution in [2.75, 3.05) is 0 Å². The van der Waals surface area contributed by atoms with Crippen molar-refractivity contribution in [2.24, 2.45) is 5.41 Å². The lowest BCUT2D eigenvalue weighted by Crippen LogP contribution is -2.34. The zero-order valence-electron chi connectivity index (χ0n) is 16.9. The average molecular weight is 393 g/mol. The minimum Gasteiger partial charge on any atom is -0.480 e. The number of carbonyl (C=O) groups is 1. The Morgan fingerprint density at radius 3 is 2.59 bits per heavy atom. The fourth-order valence-electron chi connectivity index (χ4n) is 4.37. The number of carboxylic acids is 1. The van der Waals surface area contributed by atoms with Crippen LogP contribution in [-0.2, 0) is 0 Å². The summed E-state index contributed by atoms with van der Waals surface area (Å²) in [7, 11) is 0. The molecule has 2 aromatic heterocycles. The van der Waals surface area contributed by atoms with E-state index in [0.717, 1.165) is 40.6 Å². The van der Waals surface area contributed by atoms with E-state index in [9.17, 15) is 14.7 Å². The van der Waals surface area contributed by atoms with Crippen LogP contribution in [-0.4, -0.2) is 15.6 Å². The molecule has 0 spiro atoms. The number of ether oxygens (including phenoxy) is 1. The molecule has 0 radical (unpaired) electrons. The van der Waals surface area contributed by atoms with Gasteiger partial charge in [0.1, 0.15) is 11.7 Å². The molecule has 2 aliphatic rings.